The highest BCUT2D eigenvalue weighted by atomic mass is 32.2. The highest BCUT2D eigenvalue weighted by Crippen LogP contribution is 2.35. The summed E-state index contributed by atoms with van der Waals surface area (Å²) in [5.41, 5.74) is 0. The second-order valence-electron chi connectivity index (χ2n) is 4.79. The van der Waals surface area contributed by atoms with Crippen LogP contribution >= 0.6 is 11.8 Å². The van der Waals surface area contributed by atoms with Crippen LogP contribution in [0.2, 0.25) is 0 Å². The minimum atomic E-state index is 0.636. The molecule has 5 heteroatoms. The van der Waals surface area contributed by atoms with Crippen molar-refractivity contribution in [3.8, 4) is 0 Å². The van der Waals surface area contributed by atoms with Crippen LogP contribution in [0.3, 0.4) is 0 Å². The maximum absolute atomic E-state index is 5.29. The minimum absolute atomic E-state index is 0.636. The molecule has 0 bridgehead atoms. The lowest BCUT2D eigenvalue weighted by atomic mass is 9.85. The molecular formula is C13H17N3OS. The van der Waals surface area contributed by atoms with Gasteiger partial charge in [0.15, 0.2) is 0 Å². The van der Waals surface area contributed by atoms with Crippen molar-refractivity contribution in [2.24, 2.45) is 7.05 Å². The largest absolute Gasteiger partial charge is 0.468 e. The topological polar surface area (TPSA) is 43.9 Å². The Bertz CT molecular complexity index is 542. The summed E-state index contributed by atoms with van der Waals surface area (Å²) in [5, 5.41) is 8.65. The lowest BCUT2D eigenvalue weighted by Crippen LogP contribution is -2.14. The second kappa shape index (κ2) is 4.80. The quantitative estimate of drug-likeness (QED) is 0.794. The predicted molar refractivity (Wildman–Crippen MR) is 70.6 cm³/mol. The number of thioether (sulfide) groups is 1. The van der Waals surface area contributed by atoms with E-state index in [4.69, 9.17) is 4.42 Å². The Balaban J connectivity index is 1.69. The van der Waals surface area contributed by atoms with Gasteiger partial charge >= 0.3 is 0 Å². The minimum Gasteiger partial charge on any atom is -0.468 e. The Hall–Kier alpha value is -1.23. The van der Waals surface area contributed by atoms with E-state index in [1.807, 2.05) is 13.0 Å². The van der Waals surface area contributed by atoms with Crippen molar-refractivity contribution in [3.63, 3.8) is 0 Å². The highest BCUT2D eigenvalue weighted by Gasteiger charge is 2.25. The molecule has 2 aromatic rings. The standard InChI is InChI=1S/C13H17N3OS/c1-9-11(6-7-17-9)18-8-12-14-15-13(16(12)2)10-4-3-5-10/h6-7,10H,3-5,8H2,1-2H3. The fraction of sp³-hybridized carbons (Fsp3) is 0.538. The zero-order chi connectivity index (χ0) is 12.5. The zero-order valence-corrected chi connectivity index (χ0v) is 11.5. The van der Waals surface area contributed by atoms with Gasteiger partial charge in [0.2, 0.25) is 0 Å². The smallest absolute Gasteiger partial charge is 0.143 e. The molecule has 0 saturated heterocycles. The second-order valence-corrected chi connectivity index (χ2v) is 5.81. The highest BCUT2D eigenvalue weighted by molar-refractivity contribution is 7.98. The molecule has 0 aromatic carbocycles. The van der Waals surface area contributed by atoms with E-state index in [2.05, 4.69) is 21.8 Å². The van der Waals surface area contributed by atoms with Gasteiger partial charge in [-0.1, -0.05) is 6.42 Å². The fourth-order valence-electron chi connectivity index (χ4n) is 2.19. The van der Waals surface area contributed by atoms with Gasteiger partial charge in [-0.15, -0.1) is 22.0 Å². The summed E-state index contributed by atoms with van der Waals surface area (Å²) in [6, 6.07) is 2.00. The fourth-order valence-corrected chi connectivity index (χ4v) is 3.13. The summed E-state index contributed by atoms with van der Waals surface area (Å²) in [4.78, 5) is 1.18. The van der Waals surface area contributed by atoms with Gasteiger partial charge in [-0.25, -0.2) is 0 Å². The van der Waals surface area contributed by atoms with Crippen LogP contribution in [0.15, 0.2) is 21.6 Å². The van der Waals surface area contributed by atoms with Crippen LogP contribution in [-0.4, -0.2) is 14.8 Å². The summed E-state index contributed by atoms with van der Waals surface area (Å²) in [6.07, 6.45) is 5.59. The third kappa shape index (κ3) is 2.07. The molecule has 96 valence electrons. The molecule has 1 saturated carbocycles. The molecule has 0 radical (unpaired) electrons. The molecule has 1 fully saturated rings. The number of rotatable bonds is 4. The summed E-state index contributed by atoms with van der Waals surface area (Å²) in [7, 11) is 2.08. The Morgan fingerprint density at radius 1 is 1.44 bits per heavy atom. The molecule has 0 atom stereocenters. The Morgan fingerprint density at radius 2 is 2.28 bits per heavy atom. The lowest BCUT2D eigenvalue weighted by Gasteiger charge is -2.24. The molecule has 3 rings (SSSR count). The average Bonchev–Trinajstić information content (AvgIpc) is 2.83. The van der Waals surface area contributed by atoms with Gasteiger partial charge in [-0.05, 0) is 25.8 Å². The average molecular weight is 263 g/mol. The molecule has 18 heavy (non-hydrogen) atoms. The van der Waals surface area contributed by atoms with Crippen molar-refractivity contribution in [1.82, 2.24) is 14.8 Å². The number of aryl methyl sites for hydroxylation is 1. The van der Waals surface area contributed by atoms with Crippen LogP contribution < -0.4 is 0 Å². The number of aromatic nitrogens is 3. The molecular weight excluding hydrogens is 246 g/mol. The molecule has 0 aliphatic heterocycles. The van der Waals surface area contributed by atoms with Crippen LogP contribution in [0.1, 0.15) is 42.6 Å². The van der Waals surface area contributed by atoms with Crippen molar-refractivity contribution in [3.05, 3.63) is 29.7 Å². The molecule has 0 unspecified atom stereocenters. The SMILES string of the molecule is Cc1occc1SCc1nnc(C2CCC2)n1C. The van der Waals surface area contributed by atoms with Crippen molar-refractivity contribution in [2.75, 3.05) is 0 Å². The lowest BCUT2D eigenvalue weighted by molar-refractivity contribution is 0.391. The zero-order valence-electron chi connectivity index (χ0n) is 10.7. The molecule has 2 aromatic heterocycles. The van der Waals surface area contributed by atoms with Crippen LogP contribution in [0.5, 0.6) is 0 Å². The molecule has 0 spiro atoms. The van der Waals surface area contributed by atoms with E-state index >= 15 is 0 Å². The number of nitrogens with zero attached hydrogens (tertiary/aromatic N) is 3. The first-order chi connectivity index (χ1) is 8.75. The van der Waals surface area contributed by atoms with Crippen molar-refractivity contribution < 1.29 is 4.42 Å². The number of furan rings is 1. The monoisotopic (exact) mass is 263 g/mol. The van der Waals surface area contributed by atoms with Crippen molar-refractivity contribution in [2.45, 2.75) is 42.8 Å². The third-order valence-electron chi connectivity index (χ3n) is 3.64. The van der Waals surface area contributed by atoms with E-state index in [0.717, 1.165) is 23.2 Å². The summed E-state index contributed by atoms with van der Waals surface area (Å²) < 4.78 is 7.45. The van der Waals surface area contributed by atoms with Gasteiger partial charge in [0.25, 0.3) is 0 Å². The van der Waals surface area contributed by atoms with Gasteiger partial charge in [-0.2, -0.15) is 0 Å². The Kier molecular flexibility index (Phi) is 3.16. The molecule has 1 aliphatic rings. The van der Waals surface area contributed by atoms with Crippen LogP contribution in [-0.2, 0) is 12.8 Å². The third-order valence-corrected chi connectivity index (χ3v) is 4.77. The summed E-state index contributed by atoms with van der Waals surface area (Å²) in [5.74, 6) is 4.65. The van der Waals surface area contributed by atoms with Gasteiger partial charge in [0.05, 0.1) is 12.0 Å². The van der Waals surface area contributed by atoms with Crippen LogP contribution in [0.25, 0.3) is 0 Å². The first kappa shape index (κ1) is 11.8. The van der Waals surface area contributed by atoms with Crippen LogP contribution in [0, 0.1) is 6.92 Å². The molecule has 0 N–H and O–H groups in total. The maximum atomic E-state index is 5.29. The van der Waals surface area contributed by atoms with E-state index in [1.165, 1.54) is 24.2 Å². The van der Waals surface area contributed by atoms with E-state index in [0.29, 0.717) is 5.92 Å². The van der Waals surface area contributed by atoms with Gasteiger partial charge < -0.3 is 8.98 Å². The molecule has 4 nitrogen and oxygen atoms in total. The molecule has 0 amide bonds. The normalized spacial score (nSPS) is 15.9. The van der Waals surface area contributed by atoms with Crippen molar-refractivity contribution >= 4 is 11.8 Å². The molecule has 1 aliphatic carbocycles. The number of hydrogen-bond donors (Lipinski definition) is 0. The Morgan fingerprint density at radius 3 is 2.89 bits per heavy atom. The van der Waals surface area contributed by atoms with Crippen LogP contribution in [0.4, 0.5) is 0 Å². The first-order valence-corrected chi connectivity index (χ1v) is 7.29. The van der Waals surface area contributed by atoms with Gasteiger partial charge in [0, 0.05) is 17.9 Å². The summed E-state index contributed by atoms with van der Waals surface area (Å²) in [6.45, 7) is 1.98. The number of hydrogen-bond acceptors (Lipinski definition) is 4. The predicted octanol–water partition coefficient (Wildman–Crippen LogP) is 3.28. The van der Waals surface area contributed by atoms with E-state index in [1.54, 1.807) is 18.0 Å². The van der Waals surface area contributed by atoms with Crippen molar-refractivity contribution in [1.29, 1.82) is 0 Å². The van der Waals surface area contributed by atoms with E-state index < -0.39 is 0 Å². The van der Waals surface area contributed by atoms with E-state index in [9.17, 15) is 0 Å². The van der Waals surface area contributed by atoms with Gasteiger partial charge in [0.1, 0.15) is 17.4 Å². The Labute approximate surface area is 111 Å². The first-order valence-electron chi connectivity index (χ1n) is 6.31. The maximum Gasteiger partial charge on any atom is 0.143 e. The van der Waals surface area contributed by atoms with E-state index in [-0.39, 0.29) is 0 Å². The van der Waals surface area contributed by atoms with Gasteiger partial charge in [-0.3, -0.25) is 0 Å². The summed E-state index contributed by atoms with van der Waals surface area (Å²) >= 11 is 1.75. The molecule has 2 heterocycles.